The monoisotopic (exact) mass is 329 g/mol. The molecule has 0 saturated carbocycles. The van der Waals surface area contributed by atoms with Crippen molar-refractivity contribution in [2.24, 2.45) is 0 Å². The van der Waals surface area contributed by atoms with E-state index in [0.717, 1.165) is 0 Å². The SMILES string of the molecule is COc1ccc(NC(=O)CS(=O)(=O)C(C)(C)C)c(C(=O)O)c1. The van der Waals surface area contributed by atoms with E-state index in [0.29, 0.717) is 5.75 Å². The molecule has 0 unspecified atom stereocenters. The Morgan fingerprint density at radius 1 is 1.27 bits per heavy atom. The molecule has 7 nitrogen and oxygen atoms in total. The number of benzene rings is 1. The van der Waals surface area contributed by atoms with Crippen molar-refractivity contribution >= 4 is 27.4 Å². The highest BCUT2D eigenvalue weighted by Crippen LogP contribution is 2.23. The first kappa shape index (κ1) is 18.0. The van der Waals surface area contributed by atoms with Gasteiger partial charge in [0, 0.05) is 0 Å². The number of sulfone groups is 1. The van der Waals surface area contributed by atoms with Crippen LogP contribution in [0.4, 0.5) is 5.69 Å². The molecule has 0 aliphatic heterocycles. The average Bonchev–Trinajstić information content (AvgIpc) is 2.36. The van der Waals surface area contributed by atoms with Crippen molar-refractivity contribution in [1.29, 1.82) is 0 Å². The van der Waals surface area contributed by atoms with Gasteiger partial charge >= 0.3 is 5.97 Å². The molecule has 8 heteroatoms. The van der Waals surface area contributed by atoms with Crippen LogP contribution in [0.25, 0.3) is 0 Å². The van der Waals surface area contributed by atoms with E-state index in [-0.39, 0.29) is 11.3 Å². The molecule has 122 valence electrons. The molecule has 1 rings (SSSR count). The topological polar surface area (TPSA) is 110 Å². The summed E-state index contributed by atoms with van der Waals surface area (Å²) in [7, 11) is -2.26. The Bertz CT molecular complexity index is 688. The van der Waals surface area contributed by atoms with Crippen molar-refractivity contribution in [2.45, 2.75) is 25.5 Å². The number of amides is 1. The fourth-order valence-corrected chi connectivity index (χ4v) is 2.36. The Hall–Kier alpha value is -2.09. The Balaban J connectivity index is 3.01. The number of aromatic carboxylic acids is 1. The Labute approximate surface area is 129 Å². The quantitative estimate of drug-likeness (QED) is 0.848. The first-order valence-electron chi connectivity index (χ1n) is 6.41. The molecule has 0 fully saturated rings. The van der Waals surface area contributed by atoms with Crippen LogP contribution < -0.4 is 10.1 Å². The summed E-state index contributed by atoms with van der Waals surface area (Å²) in [4.78, 5) is 23.1. The highest BCUT2D eigenvalue weighted by atomic mass is 32.2. The summed E-state index contributed by atoms with van der Waals surface area (Å²) in [6.45, 7) is 4.48. The van der Waals surface area contributed by atoms with Gasteiger partial charge in [0.25, 0.3) is 0 Å². The van der Waals surface area contributed by atoms with Gasteiger partial charge in [-0.2, -0.15) is 0 Å². The summed E-state index contributed by atoms with van der Waals surface area (Å²) in [5, 5.41) is 11.5. The van der Waals surface area contributed by atoms with Gasteiger partial charge in [0.05, 0.1) is 23.1 Å². The fraction of sp³-hybridized carbons (Fsp3) is 0.429. The van der Waals surface area contributed by atoms with Crippen LogP contribution in [-0.2, 0) is 14.6 Å². The first-order valence-corrected chi connectivity index (χ1v) is 8.06. The molecule has 0 atom stereocenters. The van der Waals surface area contributed by atoms with Gasteiger partial charge in [-0.1, -0.05) is 0 Å². The van der Waals surface area contributed by atoms with Gasteiger partial charge in [0.15, 0.2) is 9.84 Å². The predicted molar refractivity (Wildman–Crippen MR) is 82.1 cm³/mol. The molecule has 0 radical (unpaired) electrons. The van der Waals surface area contributed by atoms with Crippen LogP contribution in [0.3, 0.4) is 0 Å². The van der Waals surface area contributed by atoms with Crippen molar-refractivity contribution in [3.05, 3.63) is 23.8 Å². The third-order valence-corrected chi connectivity index (χ3v) is 5.49. The lowest BCUT2D eigenvalue weighted by Gasteiger charge is -2.19. The van der Waals surface area contributed by atoms with E-state index in [4.69, 9.17) is 9.84 Å². The van der Waals surface area contributed by atoms with E-state index < -0.39 is 32.2 Å². The average molecular weight is 329 g/mol. The van der Waals surface area contributed by atoms with Gasteiger partial charge in [-0.05, 0) is 39.0 Å². The van der Waals surface area contributed by atoms with Crippen LogP contribution in [0, 0.1) is 0 Å². The normalized spacial score (nSPS) is 11.8. The van der Waals surface area contributed by atoms with E-state index in [1.165, 1.54) is 46.1 Å². The molecular weight excluding hydrogens is 310 g/mol. The maximum absolute atomic E-state index is 12.0. The number of hydrogen-bond donors (Lipinski definition) is 2. The number of methoxy groups -OCH3 is 1. The number of anilines is 1. The van der Waals surface area contributed by atoms with Crippen LogP contribution >= 0.6 is 0 Å². The minimum absolute atomic E-state index is 0.0161. The van der Waals surface area contributed by atoms with Crippen molar-refractivity contribution in [3.8, 4) is 5.75 Å². The summed E-state index contributed by atoms with van der Waals surface area (Å²) in [6.07, 6.45) is 0. The number of carboxylic acids is 1. The third-order valence-electron chi connectivity index (χ3n) is 2.99. The molecule has 0 saturated heterocycles. The maximum atomic E-state index is 12.0. The smallest absolute Gasteiger partial charge is 0.337 e. The highest BCUT2D eigenvalue weighted by molar-refractivity contribution is 7.93. The lowest BCUT2D eigenvalue weighted by molar-refractivity contribution is -0.113. The summed E-state index contributed by atoms with van der Waals surface area (Å²) >= 11 is 0. The molecule has 0 aliphatic carbocycles. The van der Waals surface area contributed by atoms with Crippen molar-refractivity contribution in [1.82, 2.24) is 0 Å². The Kier molecular flexibility index (Phi) is 5.18. The fourth-order valence-electron chi connectivity index (χ4n) is 1.51. The number of ether oxygens (including phenoxy) is 1. The highest BCUT2D eigenvalue weighted by Gasteiger charge is 2.31. The summed E-state index contributed by atoms with van der Waals surface area (Å²) in [5.41, 5.74) is -0.164. The van der Waals surface area contributed by atoms with Crippen LogP contribution in [0.1, 0.15) is 31.1 Å². The van der Waals surface area contributed by atoms with Gasteiger partial charge in [-0.15, -0.1) is 0 Å². The van der Waals surface area contributed by atoms with Gasteiger partial charge in [-0.3, -0.25) is 4.79 Å². The van der Waals surface area contributed by atoms with E-state index in [2.05, 4.69) is 5.32 Å². The van der Waals surface area contributed by atoms with Crippen LogP contribution in [-0.4, -0.2) is 43.0 Å². The number of carboxylic acid groups (broad SMARTS) is 1. The summed E-state index contributed by atoms with van der Waals surface area (Å²) < 4.78 is 27.8. The van der Waals surface area contributed by atoms with Crippen LogP contribution in [0.2, 0.25) is 0 Å². The molecule has 0 aromatic heterocycles. The number of nitrogens with one attached hydrogen (secondary N) is 1. The Morgan fingerprint density at radius 3 is 2.32 bits per heavy atom. The van der Waals surface area contributed by atoms with Crippen LogP contribution in [0.15, 0.2) is 18.2 Å². The molecule has 1 amide bonds. The lowest BCUT2D eigenvalue weighted by Crippen LogP contribution is -2.35. The number of carbonyl (C=O) groups excluding carboxylic acids is 1. The van der Waals surface area contributed by atoms with Crippen molar-refractivity contribution in [2.75, 3.05) is 18.2 Å². The van der Waals surface area contributed by atoms with Gasteiger partial charge in [0.2, 0.25) is 5.91 Å². The number of rotatable bonds is 5. The largest absolute Gasteiger partial charge is 0.497 e. The molecule has 1 aromatic rings. The van der Waals surface area contributed by atoms with E-state index in [9.17, 15) is 18.0 Å². The Morgan fingerprint density at radius 2 is 1.86 bits per heavy atom. The second-order valence-electron chi connectivity index (χ2n) is 5.64. The predicted octanol–water partition coefficient (Wildman–Crippen LogP) is 1.55. The second-order valence-corrected chi connectivity index (χ2v) is 8.38. The zero-order valence-electron chi connectivity index (χ0n) is 12.8. The molecule has 0 spiro atoms. The number of hydrogen-bond acceptors (Lipinski definition) is 5. The summed E-state index contributed by atoms with van der Waals surface area (Å²) in [6, 6.07) is 4.07. The minimum Gasteiger partial charge on any atom is -0.497 e. The molecular formula is C14H19NO6S. The maximum Gasteiger partial charge on any atom is 0.337 e. The molecule has 0 bridgehead atoms. The molecule has 1 aromatic carbocycles. The van der Waals surface area contributed by atoms with Crippen LogP contribution in [0.5, 0.6) is 5.75 Å². The van der Waals surface area contributed by atoms with Gasteiger partial charge < -0.3 is 15.2 Å². The van der Waals surface area contributed by atoms with E-state index >= 15 is 0 Å². The minimum atomic E-state index is -3.65. The van der Waals surface area contributed by atoms with E-state index in [1.54, 1.807) is 0 Å². The lowest BCUT2D eigenvalue weighted by atomic mass is 10.1. The molecule has 0 heterocycles. The zero-order chi connectivity index (χ0) is 17.1. The zero-order valence-corrected chi connectivity index (χ0v) is 13.7. The summed E-state index contributed by atoms with van der Waals surface area (Å²) in [5.74, 6) is -2.45. The van der Waals surface area contributed by atoms with E-state index in [1.807, 2.05) is 0 Å². The molecule has 22 heavy (non-hydrogen) atoms. The molecule has 0 aliphatic rings. The number of carbonyl (C=O) groups is 2. The standard InChI is InChI=1S/C14H19NO6S/c1-14(2,3)22(19,20)8-12(16)15-11-6-5-9(21-4)7-10(11)13(17)18/h5-7H,8H2,1-4H3,(H,15,16)(H,17,18). The second kappa shape index (κ2) is 6.35. The van der Waals surface area contributed by atoms with Gasteiger partial charge in [0.1, 0.15) is 11.5 Å². The molecule has 2 N–H and O–H groups in total. The van der Waals surface area contributed by atoms with Crippen molar-refractivity contribution < 1.29 is 27.9 Å². The third kappa shape index (κ3) is 4.20. The van der Waals surface area contributed by atoms with Gasteiger partial charge in [-0.25, -0.2) is 13.2 Å². The first-order chi connectivity index (χ1) is 9.98. The van der Waals surface area contributed by atoms with Crippen molar-refractivity contribution in [3.63, 3.8) is 0 Å².